The fourth-order valence-corrected chi connectivity index (χ4v) is 2.47. The van der Waals surface area contributed by atoms with E-state index < -0.39 is 0 Å². The van der Waals surface area contributed by atoms with E-state index in [-0.39, 0.29) is 0 Å². The first-order valence-corrected chi connectivity index (χ1v) is 7.55. The molecule has 0 heterocycles. The van der Waals surface area contributed by atoms with Crippen LogP contribution in [0.5, 0.6) is 11.5 Å². The first-order valence-electron chi connectivity index (χ1n) is 6.81. The second kappa shape index (κ2) is 8.17. The van der Waals surface area contributed by atoms with Gasteiger partial charge in [0.1, 0.15) is 11.5 Å². The predicted octanol–water partition coefficient (Wildman–Crippen LogP) is 3.68. The molecule has 2 aromatic carbocycles. The first-order chi connectivity index (χ1) is 10.6. The summed E-state index contributed by atoms with van der Waals surface area (Å²) < 4.78 is 10.7. The lowest BCUT2D eigenvalue weighted by molar-refractivity contribution is -0.195. The topological polar surface area (TPSA) is 57.0 Å². The van der Waals surface area contributed by atoms with Gasteiger partial charge in [-0.25, -0.2) is 0 Å². The molecule has 0 fully saturated rings. The molecule has 6 heteroatoms. The maximum Gasteiger partial charge on any atom is 0.132 e. The average Bonchev–Trinajstić information content (AvgIpc) is 2.47. The van der Waals surface area contributed by atoms with Crippen molar-refractivity contribution in [1.82, 2.24) is 4.90 Å². The van der Waals surface area contributed by atoms with E-state index in [9.17, 15) is 0 Å². The van der Waals surface area contributed by atoms with E-state index in [1.54, 1.807) is 0 Å². The van der Waals surface area contributed by atoms with Crippen LogP contribution >= 0.6 is 12.0 Å². The van der Waals surface area contributed by atoms with Crippen LogP contribution in [0.2, 0.25) is 0 Å². The summed E-state index contributed by atoms with van der Waals surface area (Å²) in [6.07, 6.45) is 0. The van der Waals surface area contributed by atoms with Crippen LogP contribution in [-0.4, -0.2) is 19.0 Å². The zero-order chi connectivity index (χ0) is 15.9. The van der Waals surface area contributed by atoms with Crippen molar-refractivity contribution in [2.75, 3.05) is 14.1 Å². The zero-order valence-electron chi connectivity index (χ0n) is 12.9. The third kappa shape index (κ3) is 5.01. The lowest BCUT2D eigenvalue weighted by Gasteiger charge is -2.16. The Balaban J connectivity index is 2.24. The van der Waals surface area contributed by atoms with Crippen molar-refractivity contribution in [2.24, 2.45) is 5.90 Å². The molecule has 0 unspecified atom stereocenters. The molecular formula is C16H20N2O3S. The Morgan fingerprint density at radius 2 is 1.95 bits per heavy atom. The van der Waals surface area contributed by atoms with Crippen molar-refractivity contribution >= 4 is 12.0 Å². The fraction of sp³-hybridized carbons (Fsp3) is 0.250. The number of benzene rings is 2. The van der Waals surface area contributed by atoms with E-state index in [4.69, 9.17) is 15.0 Å². The normalized spacial score (nSPS) is 11.0. The Morgan fingerprint density at radius 1 is 1.14 bits per heavy atom. The molecule has 0 saturated heterocycles. The number of ether oxygens (including phenoxy) is 1. The molecule has 2 aromatic rings. The summed E-state index contributed by atoms with van der Waals surface area (Å²) in [4.78, 5) is 7.09. The average molecular weight is 320 g/mol. The van der Waals surface area contributed by atoms with Crippen LogP contribution in [0.1, 0.15) is 11.1 Å². The standard InChI is InChI=1S/C16H20N2O3S/c1-12-5-4-6-14(9-12)19-16-8-7-15(22-21-20-17)10-13(16)11-18(2)3/h4-10H,11,17H2,1-3H3. The van der Waals surface area contributed by atoms with Gasteiger partial charge in [-0.1, -0.05) is 12.1 Å². The van der Waals surface area contributed by atoms with Crippen molar-refractivity contribution in [2.45, 2.75) is 18.4 Å². The Morgan fingerprint density at radius 3 is 2.64 bits per heavy atom. The van der Waals surface area contributed by atoms with Gasteiger partial charge in [0.15, 0.2) is 0 Å². The minimum absolute atomic E-state index is 0.749. The van der Waals surface area contributed by atoms with Crippen LogP contribution in [0, 0.1) is 6.92 Å². The van der Waals surface area contributed by atoms with Gasteiger partial charge >= 0.3 is 0 Å². The Hall–Kier alpha value is -1.57. The van der Waals surface area contributed by atoms with Crippen LogP contribution < -0.4 is 10.6 Å². The van der Waals surface area contributed by atoms with Crippen molar-refractivity contribution in [3.8, 4) is 11.5 Å². The largest absolute Gasteiger partial charge is 0.457 e. The van der Waals surface area contributed by atoms with Gasteiger partial charge in [-0.15, -0.1) is 9.32 Å². The van der Waals surface area contributed by atoms with Crippen LogP contribution in [0.3, 0.4) is 0 Å². The monoisotopic (exact) mass is 320 g/mol. The number of hydrogen-bond acceptors (Lipinski definition) is 6. The summed E-state index contributed by atoms with van der Waals surface area (Å²) in [5, 5.41) is 0. The van der Waals surface area contributed by atoms with Crippen LogP contribution in [0.4, 0.5) is 0 Å². The summed E-state index contributed by atoms with van der Waals surface area (Å²) in [7, 11) is 4.02. The molecule has 0 radical (unpaired) electrons. The Labute approximate surface area is 135 Å². The Kier molecular flexibility index (Phi) is 6.23. The second-order valence-electron chi connectivity index (χ2n) is 5.17. The second-order valence-corrected chi connectivity index (χ2v) is 5.95. The zero-order valence-corrected chi connectivity index (χ0v) is 13.7. The number of nitrogens with two attached hydrogens (primary N) is 1. The van der Waals surface area contributed by atoms with E-state index in [1.165, 1.54) is 0 Å². The number of rotatable bonds is 7. The summed E-state index contributed by atoms with van der Waals surface area (Å²) in [5.74, 6) is 6.50. The highest BCUT2D eigenvalue weighted by molar-refractivity contribution is 7.94. The molecule has 0 saturated carbocycles. The van der Waals surface area contributed by atoms with Gasteiger partial charge in [-0.2, -0.15) is 5.90 Å². The molecule has 0 aliphatic carbocycles. The maximum atomic E-state index is 6.02. The molecule has 0 bridgehead atoms. The van der Waals surface area contributed by atoms with Gasteiger partial charge in [-0.05, 0) is 56.9 Å². The molecule has 2 N–H and O–H groups in total. The SMILES string of the molecule is Cc1cccc(Oc2ccc(SOON)cc2CN(C)C)c1. The van der Waals surface area contributed by atoms with E-state index in [2.05, 4.69) is 9.89 Å². The van der Waals surface area contributed by atoms with Crippen LogP contribution in [0.25, 0.3) is 0 Å². The molecule has 0 aromatic heterocycles. The van der Waals surface area contributed by atoms with E-state index in [1.807, 2.05) is 63.5 Å². The van der Waals surface area contributed by atoms with Gasteiger partial charge in [0, 0.05) is 17.0 Å². The van der Waals surface area contributed by atoms with Crippen molar-refractivity contribution < 1.29 is 14.1 Å². The molecule has 22 heavy (non-hydrogen) atoms. The molecule has 5 nitrogen and oxygen atoms in total. The van der Waals surface area contributed by atoms with Crippen LogP contribution in [0.15, 0.2) is 47.4 Å². The van der Waals surface area contributed by atoms with Crippen molar-refractivity contribution in [3.05, 3.63) is 53.6 Å². The highest BCUT2D eigenvalue weighted by Crippen LogP contribution is 2.31. The molecule has 0 amide bonds. The molecular weight excluding hydrogens is 300 g/mol. The molecule has 118 valence electrons. The van der Waals surface area contributed by atoms with E-state index >= 15 is 0 Å². The lowest BCUT2D eigenvalue weighted by atomic mass is 10.2. The van der Waals surface area contributed by atoms with E-state index in [0.29, 0.717) is 0 Å². The van der Waals surface area contributed by atoms with Gasteiger partial charge in [0.05, 0.1) is 12.0 Å². The van der Waals surface area contributed by atoms with Crippen LogP contribution in [-0.2, 0) is 15.9 Å². The highest BCUT2D eigenvalue weighted by Gasteiger charge is 2.09. The third-order valence-electron chi connectivity index (χ3n) is 2.91. The maximum absolute atomic E-state index is 6.02. The summed E-state index contributed by atoms with van der Waals surface area (Å²) in [5.41, 5.74) is 2.21. The van der Waals surface area contributed by atoms with Gasteiger partial charge < -0.3 is 9.64 Å². The first kappa shape index (κ1) is 16.8. The predicted molar refractivity (Wildman–Crippen MR) is 87.3 cm³/mol. The molecule has 2 rings (SSSR count). The highest BCUT2D eigenvalue weighted by atomic mass is 32.2. The number of aryl methyl sites for hydroxylation is 1. The van der Waals surface area contributed by atoms with Gasteiger partial charge in [-0.3, -0.25) is 0 Å². The lowest BCUT2D eigenvalue weighted by Crippen LogP contribution is -2.11. The minimum atomic E-state index is 0.749. The van der Waals surface area contributed by atoms with Gasteiger partial charge in [0.25, 0.3) is 0 Å². The summed E-state index contributed by atoms with van der Waals surface area (Å²) >= 11 is 1.06. The Bertz CT molecular complexity index is 620. The quantitative estimate of drug-likeness (QED) is 0.477. The van der Waals surface area contributed by atoms with Crippen molar-refractivity contribution in [3.63, 3.8) is 0 Å². The fourth-order valence-electron chi connectivity index (χ4n) is 2.04. The minimum Gasteiger partial charge on any atom is -0.457 e. The summed E-state index contributed by atoms with van der Waals surface area (Å²) in [6.45, 7) is 2.79. The molecule has 0 spiro atoms. The third-order valence-corrected chi connectivity index (χ3v) is 3.50. The van der Waals surface area contributed by atoms with E-state index in [0.717, 1.165) is 46.1 Å². The smallest absolute Gasteiger partial charge is 0.132 e. The summed E-state index contributed by atoms with van der Waals surface area (Å²) in [6, 6.07) is 13.8. The molecule has 0 aliphatic rings. The molecule has 0 atom stereocenters. The molecule has 0 aliphatic heterocycles. The van der Waals surface area contributed by atoms with Crippen molar-refractivity contribution in [1.29, 1.82) is 0 Å². The van der Waals surface area contributed by atoms with Gasteiger partial charge in [0.2, 0.25) is 0 Å². The number of nitrogens with zero attached hydrogens (tertiary/aromatic N) is 1. The number of hydrogen-bond donors (Lipinski definition) is 1.